The number of nitrogens with zero attached hydrogens (tertiary/aromatic N) is 2. The van der Waals surface area contributed by atoms with Crippen molar-refractivity contribution >= 4 is 15.7 Å². The first kappa shape index (κ1) is 16.2. The number of carbonyl (C=O) groups is 1. The van der Waals surface area contributed by atoms with E-state index in [-0.39, 0.29) is 5.56 Å². The Hall–Kier alpha value is -2.22. The Bertz CT molecular complexity index is 776. The van der Waals surface area contributed by atoms with Gasteiger partial charge in [0.15, 0.2) is 5.25 Å². The van der Waals surface area contributed by atoms with Crippen molar-refractivity contribution in [2.24, 2.45) is 5.73 Å². The molecule has 1 aromatic heterocycles. The maximum atomic E-state index is 12.7. The molecule has 0 bridgehead atoms. The molecule has 0 unspecified atom stereocenters. The van der Waals surface area contributed by atoms with Crippen molar-refractivity contribution in [3.63, 3.8) is 0 Å². The molecule has 8 heteroatoms. The summed E-state index contributed by atoms with van der Waals surface area (Å²) in [7, 11) is -4.12. The summed E-state index contributed by atoms with van der Waals surface area (Å²) >= 11 is 0. The lowest BCUT2D eigenvalue weighted by molar-refractivity contribution is -0.117. The number of H-pyrrole nitrogens is 1. The van der Waals surface area contributed by atoms with E-state index in [0.717, 1.165) is 0 Å². The highest BCUT2D eigenvalue weighted by Crippen LogP contribution is 2.28. The molecule has 118 valence electrons. The second-order valence-corrected chi connectivity index (χ2v) is 7.88. The molecule has 0 aliphatic carbocycles. The van der Waals surface area contributed by atoms with Crippen LogP contribution in [0.25, 0.3) is 0 Å². The minimum absolute atomic E-state index is 0.289. The van der Waals surface area contributed by atoms with Crippen LogP contribution in [0.5, 0.6) is 0 Å². The van der Waals surface area contributed by atoms with Crippen LogP contribution in [0.4, 0.5) is 0 Å². The zero-order chi connectivity index (χ0) is 16.5. The fourth-order valence-electron chi connectivity index (χ4n) is 1.94. The van der Waals surface area contributed by atoms with E-state index in [4.69, 9.17) is 5.73 Å². The monoisotopic (exact) mass is 322 g/mol. The van der Waals surface area contributed by atoms with Gasteiger partial charge in [0.05, 0.1) is 0 Å². The van der Waals surface area contributed by atoms with Crippen LogP contribution in [-0.4, -0.2) is 29.5 Å². The van der Waals surface area contributed by atoms with E-state index in [9.17, 15) is 13.2 Å². The van der Waals surface area contributed by atoms with Gasteiger partial charge < -0.3 is 5.73 Å². The smallest absolute Gasteiger partial charge is 0.268 e. The van der Waals surface area contributed by atoms with Crippen LogP contribution in [0, 0.1) is 0 Å². The van der Waals surface area contributed by atoms with Gasteiger partial charge in [0.25, 0.3) is 5.16 Å². The fraction of sp³-hybridized carbons (Fsp3) is 0.357. The Morgan fingerprint density at radius 2 is 1.82 bits per heavy atom. The van der Waals surface area contributed by atoms with Gasteiger partial charge in [0.2, 0.25) is 15.7 Å². The quantitative estimate of drug-likeness (QED) is 0.873. The van der Waals surface area contributed by atoms with Crippen molar-refractivity contribution < 1.29 is 13.2 Å². The number of hydrogen-bond acceptors (Lipinski definition) is 5. The van der Waals surface area contributed by atoms with Gasteiger partial charge in [0, 0.05) is 5.41 Å². The summed E-state index contributed by atoms with van der Waals surface area (Å²) in [5, 5.41) is 4.41. The Morgan fingerprint density at radius 1 is 1.23 bits per heavy atom. The molecule has 7 nitrogen and oxygen atoms in total. The van der Waals surface area contributed by atoms with Crippen molar-refractivity contribution in [1.82, 2.24) is 15.2 Å². The normalized spacial score (nSPS) is 13.8. The minimum atomic E-state index is -4.12. The summed E-state index contributed by atoms with van der Waals surface area (Å²) < 4.78 is 25.3. The predicted molar refractivity (Wildman–Crippen MR) is 80.6 cm³/mol. The summed E-state index contributed by atoms with van der Waals surface area (Å²) in [4.78, 5) is 15.7. The van der Waals surface area contributed by atoms with Gasteiger partial charge in [-0.25, -0.2) is 13.4 Å². The second-order valence-electron chi connectivity index (χ2n) is 5.95. The maximum absolute atomic E-state index is 12.7. The van der Waals surface area contributed by atoms with Crippen molar-refractivity contribution in [3.8, 4) is 0 Å². The van der Waals surface area contributed by atoms with Gasteiger partial charge in [0.1, 0.15) is 5.82 Å². The van der Waals surface area contributed by atoms with Gasteiger partial charge in [-0.1, -0.05) is 51.1 Å². The zero-order valence-electron chi connectivity index (χ0n) is 12.6. The van der Waals surface area contributed by atoms with Gasteiger partial charge in [-0.15, -0.1) is 5.10 Å². The van der Waals surface area contributed by atoms with E-state index >= 15 is 0 Å². The molecular weight excluding hydrogens is 304 g/mol. The lowest BCUT2D eigenvalue weighted by atomic mass is 9.96. The number of aromatic nitrogens is 3. The molecule has 0 radical (unpaired) electrons. The molecule has 3 N–H and O–H groups in total. The largest absolute Gasteiger partial charge is 0.368 e. The Morgan fingerprint density at radius 3 is 2.27 bits per heavy atom. The van der Waals surface area contributed by atoms with Crippen LogP contribution in [0.1, 0.15) is 37.4 Å². The number of amides is 1. The topological polar surface area (TPSA) is 119 Å². The summed E-state index contributed by atoms with van der Waals surface area (Å²) in [6.07, 6.45) is 0. The molecule has 1 amide bonds. The molecule has 2 aromatic rings. The molecule has 0 aliphatic heterocycles. The third-order valence-corrected chi connectivity index (χ3v) is 4.92. The average Bonchev–Trinajstić information content (AvgIpc) is 2.89. The summed E-state index contributed by atoms with van der Waals surface area (Å²) in [6, 6.07) is 8.06. The molecule has 2 rings (SSSR count). The SMILES string of the molecule is CC(C)(C)c1nc(S(=O)(=O)[C@H](C(N)=O)c2ccccc2)n[nH]1. The number of primary amides is 1. The van der Waals surface area contributed by atoms with E-state index in [2.05, 4.69) is 15.2 Å². The highest BCUT2D eigenvalue weighted by molar-refractivity contribution is 7.92. The molecule has 1 atom stereocenters. The number of benzene rings is 1. The number of hydrogen-bond donors (Lipinski definition) is 2. The molecule has 1 aromatic carbocycles. The van der Waals surface area contributed by atoms with Crippen LogP contribution in [0.3, 0.4) is 0 Å². The van der Waals surface area contributed by atoms with E-state index in [1.807, 2.05) is 20.8 Å². The molecular formula is C14H18N4O3S. The third-order valence-electron chi connectivity index (χ3n) is 3.10. The number of rotatable bonds is 4. The molecule has 0 spiro atoms. The van der Waals surface area contributed by atoms with Crippen molar-refractivity contribution in [2.45, 2.75) is 36.6 Å². The number of carbonyl (C=O) groups excluding carboxylic acids is 1. The molecule has 1 heterocycles. The molecule has 0 saturated carbocycles. The van der Waals surface area contributed by atoms with Crippen molar-refractivity contribution in [2.75, 3.05) is 0 Å². The highest BCUT2D eigenvalue weighted by Gasteiger charge is 2.37. The second kappa shape index (κ2) is 5.53. The van der Waals surface area contributed by atoms with Gasteiger partial charge >= 0.3 is 0 Å². The molecule has 22 heavy (non-hydrogen) atoms. The lowest BCUT2D eigenvalue weighted by Gasteiger charge is -2.14. The first-order valence-corrected chi connectivity index (χ1v) is 8.19. The number of nitrogens with two attached hydrogens (primary N) is 1. The van der Waals surface area contributed by atoms with Crippen LogP contribution in [0.15, 0.2) is 35.5 Å². The van der Waals surface area contributed by atoms with Crippen LogP contribution < -0.4 is 5.73 Å². The van der Waals surface area contributed by atoms with E-state index in [0.29, 0.717) is 5.82 Å². The fourth-order valence-corrected chi connectivity index (χ4v) is 3.36. The zero-order valence-corrected chi connectivity index (χ0v) is 13.4. The molecule has 0 aliphatic rings. The van der Waals surface area contributed by atoms with Crippen LogP contribution in [-0.2, 0) is 20.0 Å². The maximum Gasteiger partial charge on any atom is 0.268 e. The number of sulfone groups is 1. The Kier molecular flexibility index (Phi) is 4.06. The third kappa shape index (κ3) is 3.01. The summed E-state index contributed by atoms with van der Waals surface area (Å²) in [5.41, 5.74) is 5.20. The minimum Gasteiger partial charge on any atom is -0.368 e. The van der Waals surface area contributed by atoms with E-state index in [1.165, 1.54) is 12.1 Å². The van der Waals surface area contributed by atoms with Crippen molar-refractivity contribution in [3.05, 3.63) is 41.7 Å². The predicted octanol–water partition coefficient (Wildman–Crippen LogP) is 1.10. The average molecular weight is 322 g/mol. The molecule has 0 saturated heterocycles. The van der Waals surface area contributed by atoms with E-state index in [1.54, 1.807) is 18.2 Å². The lowest BCUT2D eigenvalue weighted by Crippen LogP contribution is -2.29. The Balaban J connectivity index is 2.52. The first-order chi connectivity index (χ1) is 10.1. The summed E-state index contributed by atoms with van der Waals surface area (Å²) in [6.45, 7) is 5.60. The van der Waals surface area contributed by atoms with E-state index < -0.39 is 31.6 Å². The molecule has 0 fully saturated rings. The standard InChI is InChI=1S/C14H18N4O3S/c1-14(2,3)12-16-13(18-17-12)22(20,21)10(11(15)19)9-7-5-4-6-8-9/h4-8,10H,1-3H3,(H2,15,19)(H,16,17,18)/t10-/m0/s1. The Labute approximate surface area is 128 Å². The summed E-state index contributed by atoms with van der Waals surface area (Å²) in [5.74, 6) is -0.546. The van der Waals surface area contributed by atoms with Crippen molar-refractivity contribution in [1.29, 1.82) is 0 Å². The first-order valence-electron chi connectivity index (χ1n) is 6.65. The van der Waals surface area contributed by atoms with Gasteiger partial charge in [-0.3, -0.25) is 9.89 Å². The number of nitrogens with one attached hydrogen (secondary N) is 1. The van der Waals surface area contributed by atoms with Crippen LogP contribution >= 0.6 is 0 Å². The number of aromatic amines is 1. The van der Waals surface area contributed by atoms with Crippen LogP contribution in [0.2, 0.25) is 0 Å². The van der Waals surface area contributed by atoms with Gasteiger partial charge in [-0.2, -0.15) is 0 Å². The highest BCUT2D eigenvalue weighted by atomic mass is 32.2. The van der Waals surface area contributed by atoms with Gasteiger partial charge in [-0.05, 0) is 5.56 Å².